The van der Waals surface area contributed by atoms with E-state index in [4.69, 9.17) is 0 Å². The van der Waals surface area contributed by atoms with Crippen molar-refractivity contribution >= 4 is 9.84 Å². The van der Waals surface area contributed by atoms with Crippen LogP contribution in [0.3, 0.4) is 0 Å². The normalized spacial score (nSPS) is 28.7. The second-order valence-electron chi connectivity index (χ2n) is 7.37. The zero-order valence-electron chi connectivity index (χ0n) is 14.0. The molecular weight excluding hydrogens is 308 g/mol. The van der Waals surface area contributed by atoms with Gasteiger partial charge in [-0.15, -0.1) is 0 Å². The monoisotopic (exact) mass is 336 g/mol. The number of aliphatic hydroxyl groups is 1. The number of benzene rings is 1. The summed E-state index contributed by atoms with van der Waals surface area (Å²) in [5.74, 6) is 1.51. The van der Waals surface area contributed by atoms with Gasteiger partial charge in [0.1, 0.15) is 0 Å². The van der Waals surface area contributed by atoms with Crippen molar-refractivity contribution < 1.29 is 13.5 Å². The molecule has 0 saturated heterocycles. The lowest BCUT2D eigenvalue weighted by molar-refractivity contribution is 0.218. The van der Waals surface area contributed by atoms with E-state index in [0.29, 0.717) is 17.2 Å². The minimum Gasteiger partial charge on any atom is -0.395 e. The molecule has 2 atom stereocenters. The summed E-state index contributed by atoms with van der Waals surface area (Å²) in [5, 5.41) is 10.0. The molecule has 0 aliphatic heterocycles. The predicted molar refractivity (Wildman–Crippen MR) is 92.2 cm³/mol. The molecule has 0 spiro atoms. The fourth-order valence-electron chi connectivity index (χ4n) is 4.47. The van der Waals surface area contributed by atoms with Crippen LogP contribution in [0.15, 0.2) is 29.2 Å². The molecule has 4 heteroatoms. The molecule has 1 aromatic rings. The Morgan fingerprint density at radius 2 is 1.78 bits per heavy atom. The van der Waals surface area contributed by atoms with Gasteiger partial charge in [-0.2, -0.15) is 0 Å². The molecule has 0 heterocycles. The van der Waals surface area contributed by atoms with Gasteiger partial charge in [0, 0.05) is 5.41 Å². The second-order valence-corrected chi connectivity index (χ2v) is 9.48. The number of rotatable bonds is 6. The molecule has 2 saturated carbocycles. The van der Waals surface area contributed by atoms with Crippen molar-refractivity contribution in [2.75, 3.05) is 12.4 Å². The van der Waals surface area contributed by atoms with Gasteiger partial charge in [0.2, 0.25) is 0 Å². The van der Waals surface area contributed by atoms with Gasteiger partial charge in [-0.25, -0.2) is 8.42 Å². The molecule has 1 aromatic carbocycles. The average Bonchev–Trinajstić information content (AvgIpc) is 3.32. The average molecular weight is 336 g/mol. The van der Waals surface area contributed by atoms with E-state index >= 15 is 0 Å². The lowest BCUT2D eigenvalue weighted by atomic mass is 9.81. The maximum Gasteiger partial charge on any atom is 0.178 e. The highest BCUT2D eigenvalue weighted by Crippen LogP contribution is 2.60. The lowest BCUT2D eigenvalue weighted by Gasteiger charge is -2.25. The SMILES string of the molecule is CCCS(=O)(=O)c1ccc(C2(CO)CC2C2CCCCC2)cc1. The molecule has 3 nitrogen and oxygen atoms in total. The zero-order chi connectivity index (χ0) is 16.5. The Kier molecular flexibility index (Phi) is 4.84. The molecule has 0 radical (unpaired) electrons. The molecule has 3 rings (SSSR count). The Labute approximate surface area is 140 Å². The van der Waals surface area contributed by atoms with Crippen LogP contribution in [0.25, 0.3) is 0 Å². The second kappa shape index (κ2) is 6.56. The Bertz CT molecular complexity index is 629. The third kappa shape index (κ3) is 3.20. The number of hydrogen-bond donors (Lipinski definition) is 1. The van der Waals surface area contributed by atoms with Crippen LogP contribution in [-0.2, 0) is 15.3 Å². The number of aliphatic hydroxyl groups excluding tert-OH is 1. The highest BCUT2D eigenvalue weighted by Gasteiger charge is 2.57. The molecule has 0 aromatic heterocycles. The van der Waals surface area contributed by atoms with E-state index in [1.165, 1.54) is 32.1 Å². The van der Waals surface area contributed by atoms with Crippen LogP contribution < -0.4 is 0 Å². The highest BCUT2D eigenvalue weighted by atomic mass is 32.2. The van der Waals surface area contributed by atoms with E-state index in [2.05, 4.69) is 0 Å². The van der Waals surface area contributed by atoms with Crippen LogP contribution in [-0.4, -0.2) is 25.9 Å². The molecule has 128 valence electrons. The van der Waals surface area contributed by atoms with E-state index in [1.54, 1.807) is 12.1 Å². The van der Waals surface area contributed by atoms with Gasteiger partial charge in [0.05, 0.1) is 17.3 Å². The Morgan fingerprint density at radius 3 is 2.35 bits per heavy atom. The van der Waals surface area contributed by atoms with Crippen molar-refractivity contribution in [2.45, 2.75) is 62.2 Å². The van der Waals surface area contributed by atoms with E-state index in [9.17, 15) is 13.5 Å². The van der Waals surface area contributed by atoms with E-state index in [1.807, 2.05) is 19.1 Å². The predicted octanol–water partition coefficient (Wildman–Crippen LogP) is 3.70. The fraction of sp³-hybridized carbons (Fsp3) is 0.684. The first kappa shape index (κ1) is 17.0. The van der Waals surface area contributed by atoms with Crippen LogP contribution in [0.2, 0.25) is 0 Å². The first-order valence-electron chi connectivity index (χ1n) is 8.97. The van der Waals surface area contributed by atoms with Crippen LogP contribution in [0, 0.1) is 11.8 Å². The molecule has 23 heavy (non-hydrogen) atoms. The van der Waals surface area contributed by atoms with Crippen molar-refractivity contribution in [3.63, 3.8) is 0 Å². The van der Waals surface area contributed by atoms with Gasteiger partial charge in [-0.05, 0) is 42.4 Å². The van der Waals surface area contributed by atoms with Crippen molar-refractivity contribution in [3.05, 3.63) is 29.8 Å². The third-order valence-electron chi connectivity index (χ3n) is 5.90. The van der Waals surface area contributed by atoms with Crippen molar-refractivity contribution in [1.82, 2.24) is 0 Å². The molecule has 2 aliphatic carbocycles. The van der Waals surface area contributed by atoms with Crippen LogP contribution >= 0.6 is 0 Å². The minimum atomic E-state index is -3.16. The van der Waals surface area contributed by atoms with Gasteiger partial charge < -0.3 is 5.11 Å². The summed E-state index contributed by atoms with van der Waals surface area (Å²) in [5.41, 5.74) is 1.00. The van der Waals surface area contributed by atoms with E-state index < -0.39 is 9.84 Å². The molecule has 0 amide bonds. The van der Waals surface area contributed by atoms with Gasteiger partial charge in [-0.3, -0.25) is 0 Å². The van der Waals surface area contributed by atoms with Crippen molar-refractivity contribution in [3.8, 4) is 0 Å². The minimum absolute atomic E-state index is 0.116. The van der Waals surface area contributed by atoms with Gasteiger partial charge in [-0.1, -0.05) is 51.2 Å². The van der Waals surface area contributed by atoms with Gasteiger partial charge in [0.25, 0.3) is 0 Å². The smallest absolute Gasteiger partial charge is 0.178 e. The van der Waals surface area contributed by atoms with Crippen LogP contribution in [0.1, 0.15) is 57.4 Å². The van der Waals surface area contributed by atoms with Gasteiger partial charge in [0.15, 0.2) is 9.84 Å². The topological polar surface area (TPSA) is 54.4 Å². The van der Waals surface area contributed by atoms with E-state index in [-0.39, 0.29) is 17.8 Å². The molecule has 2 aliphatic rings. The summed E-state index contributed by atoms with van der Waals surface area (Å²) < 4.78 is 24.3. The van der Waals surface area contributed by atoms with E-state index in [0.717, 1.165) is 17.9 Å². The summed E-state index contributed by atoms with van der Waals surface area (Å²) in [6.07, 6.45) is 8.24. The number of hydrogen-bond acceptors (Lipinski definition) is 3. The zero-order valence-corrected chi connectivity index (χ0v) is 14.8. The van der Waals surface area contributed by atoms with Crippen LogP contribution in [0.4, 0.5) is 0 Å². The standard InChI is InChI=1S/C19H28O3S/c1-2-12-23(21,22)17-10-8-16(9-11-17)19(14-20)13-18(19)15-6-4-3-5-7-15/h8-11,15,18,20H,2-7,12-14H2,1H3. The highest BCUT2D eigenvalue weighted by molar-refractivity contribution is 7.91. The molecule has 0 bridgehead atoms. The quantitative estimate of drug-likeness (QED) is 0.862. The van der Waals surface area contributed by atoms with Crippen LogP contribution in [0.5, 0.6) is 0 Å². The molecule has 2 fully saturated rings. The van der Waals surface area contributed by atoms with Gasteiger partial charge >= 0.3 is 0 Å². The first-order valence-corrected chi connectivity index (χ1v) is 10.6. The molecule has 2 unspecified atom stereocenters. The Balaban J connectivity index is 1.78. The third-order valence-corrected chi connectivity index (χ3v) is 7.83. The molecular formula is C19H28O3S. The summed E-state index contributed by atoms with van der Waals surface area (Å²) in [6.45, 7) is 2.06. The summed E-state index contributed by atoms with van der Waals surface area (Å²) in [6, 6.07) is 7.32. The summed E-state index contributed by atoms with van der Waals surface area (Å²) in [4.78, 5) is 0.408. The Morgan fingerprint density at radius 1 is 1.13 bits per heavy atom. The Hall–Kier alpha value is -0.870. The molecule has 1 N–H and O–H groups in total. The maximum atomic E-state index is 12.1. The largest absolute Gasteiger partial charge is 0.395 e. The lowest BCUT2D eigenvalue weighted by Crippen LogP contribution is -2.21. The summed E-state index contributed by atoms with van der Waals surface area (Å²) in [7, 11) is -3.16. The first-order chi connectivity index (χ1) is 11.0. The fourth-order valence-corrected chi connectivity index (χ4v) is 5.80. The van der Waals surface area contributed by atoms with Crippen molar-refractivity contribution in [2.24, 2.45) is 11.8 Å². The summed E-state index contributed by atoms with van der Waals surface area (Å²) >= 11 is 0. The number of sulfone groups is 1. The maximum absolute atomic E-state index is 12.1. The van der Waals surface area contributed by atoms with Crippen molar-refractivity contribution in [1.29, 1.82) is 0 Å².